The van der Waals surface area contributed by atoms with Crippen LogP contribution in [0.4, 0.5) is 0 Å². The lowest BCUT2D eigenvalue weighted by atomic mass is 10.2. The lowest BCUT2D eigenvalue weighted by Crippen LogP contribution is -1.99. The fourth-order valence-corrected chi connectivity index (χ4v) is 3.33. The van der Waals surface area contributed by atoms with Crippen molar-refractivity contribution in [1.29, 1.82) is 0 Å². The van der Waals surface area contributed by atoms with E-state index in [1.807, 2.05) is 30.3 Å². The van der Waals surface area contributed by atoms with Crippen LogP contribution in [-0.4, -0.2) is 18.2 Å². The maximum absolute atomic E-state index is 12.4. The molecule has 0 saturated heterocycles. The molecule has 0 fully saturated rings. The number of hydrogen-bond donors (Lipinski definition) is 0. The fourth-order valence-electron chi connectivity index (χ4n) is 1.81. The lowest BCUT2D eigenvalue weighted by Gasteiger charge is -2.14. The molecule has 1 aromatic carbocycles. The zero-order valence-corrected chi connectivity index (χ0v) is 12.5. The summed E-state index contributed by atoms with van der Waals surface area (Å²) in [4.78, 5) is 4.14. The van der Waals surface area contributed by atoms with Gasteiger partial charge in [0.15, 0.2) is 5.76 Å². The van der Waals surface area contributed by atoms with E-state index in [2.05, 4.69) is 4.98 Å². The number of rotatable bonds is 7. The Morgan fingerprint density at radius 2 is 1.80 bits per heavy atom. The summed E-state index contributed by atoms with van der Waals surface area (Å²) >= 11 is 0. The van der Waals surface area contributed by atoms with Gasteiger partial charge in [-0.05, 0) is 13.8 Å². The van der Waals surface area contributed by atoms with Crippen LogP contribution in [-0.2, 0) is 19.8 Å². The first-order chi connectivity index (χ1) is 9.67. The van der Waals surface area contributed by atoms with Gasteiger partial charge in [0.2, 0.25) is 5.89 Å². The number of nitrogens with zero attached hydrogens (tertiary/aromatic N) is 1. The Morgan fingerprint density at radius 1 is 1.15 bits per heavy atom. The van der Waals surface area contributed by atoms with E-state index in [0.29, 0.717) is 24.9 Å². The third kappa shape index (κ3) is 3.79. The van der Waals surface area contributed by atoms with Crippen LogP contribution in [0.3, 0.4) is 0 Å². The van der Waals surface area contributed by atoms with Crippen molar-refractivity contribution in [2.75, 3.05) is 13.2 Å². The SMILES string of the molecule is CCOP(=O)(Cc1ncc(-c2ccccc2)o1)OCC. The Bertz CT molecular complexity index is 572. The van der Waals surface area contributed by atoms with Crippen LogP contribution < -0.4 is 0 Å². The summed E-state index contributed by atoms with van der Waals surface area (Å²) in [5.74, 6) is 0.995. The van der Waals surface area contributed by atoms with Gasteiger partial charge in [0.05, 0.1) is 19.4 Å². The minimum absolute atomic E-state index is 0.0432. The van der Waals surface area contributed by atoms with Gasteiger partial charge in [-0.15, -0.1) is 0 Å². The van der Waals surface area contributed by atoms with E-state index < -0.39 is 7.60 Å². The molecule has 0 aliphatic heterocycles. The van der Waals surface area contributed by atoms with E-state index in [0.717, 1.165) is 5.56 Å². The number of hydrogen-bond acceptors (Lipinski definition) is 5. The summed E-state index contributed by atoms with van der Waals surface area (Å²) < 4.78 is 28.4. The second kappa shape index (κ2) is 6.84. The molecule has 0 aliphatic rings. The summed E-state index contributed by atoms with van der Waals surface area (Å²) in [7, 11) is -3.18. The molecule has 20 heavy (non-hydrogen) atoms. The standard InChI is InChI=1S/C14H18NO4P/c1-3-17-20(16,18-4-2)11-14-15-10-13(19-14)12-8-6-5-7-9-12/h5-10H,3-4,11H2,1-2H3. The van der Waals surface area contributed by atoms with Crippen LogP contribution in [0.25, 0.3) is 11.3 Å². The Hall–Kier alpha value is -1.42. The van der Waals surface area contributed by atoms with E-state index in [-0.39, 0.29) is 6.16 Å². The van der Waals surface area contributed by atoms with E-state index in [1.54, 1.807) is 20.0 Å². The molecule has 1 aromatic heterocycles. The molecule has 0 saturated carbocycles. The normalized spacial score (nSPS) is 11.7. The smallest absolute Gasteiger partial charge is 0.339 e. The Labute approximate surface area is 118 Å². The summed E-state index contributed by atoms with van der Waals surface area (Å²) in [6.07, 6.45) is 1.66. The van der Waals surface area contributed by atoms with Gasteiger partial charge in [0.1, 0.15) is 6.16 Å². The zero-order valence-electron chi connectivity index (χ0n) is 11.6. The molecule has 1 heterocycles. The molecule has 0 N–H and O–H groups in total. The number of aromatic nitrogens is 1. The first-order valence-electron chi connectivity index (χ1n) is 6.55. The third-order valence-corrected chi connectivity index (χ3v) is 4.55. The monoisotopic (exact) mass is 295 g/mol. The number of benzene rings is 1. The minimum Gasteiger partial charge on any atom is -0.440 e. The van der Waals surface area contributed by atoms with Crippen LogP contribution in [0.2, 0.25) is 0 Å². The predicted octanol–water partition coefficient (Wildman–Crippen LogP) is 4.11. The maximum atomic E-state index is 12.4. The molecule has 0 radical (unpaired) electrons. The molecule has 0 spiro atoms. The summed E-state index contributed by atoms with van der Waals surface area (Å²) in [6.45, 7) is 4.19. The van der Waals surface area contributed by atoms with Crippen molar-refractivity contribution in [2.24, 2.45) is 0 Å². The molecular weight excluding hydrogens is 277 g/mol. The van der Waals surface area contributed by atoms with Crippen LogP contribution in [0.1, 0.15) is 19.7 Å². The van der Waals surface area contributed by atoms with E-state index in [9.17, 15) is 4.57 Å². The molecule has 0 unspecified atom stereocenters. The Balaban J connectivity index is 2.15. The average molecular weight is 295 g/mol. The third-order valence-electron chi connectivity index (χ3n) is 2.59. The predicted molar refractivity (Wildman–Crippen MR) is 76.5 cm³/mol. The quantitative estimate of drug-likeness (QED) is 0.719. The van der Waals surface area contributed by atoms with Gasteiger partial charge in [-0.25, -0.2) is 4.98 Å². The van der Waals surface area contributed by atoms with Crippen molar-refractivity contribution in [3.05, 3.63) is 42.4 Å². The maximum Gasteiger partial charge on any atom is 0.339 e. The largest absolute Gasteiger partial charge is 0.440 e. The summed E-state index contributed by atoms with van der Waals surface area (Å²) in [5.41, 5.74) is 0.925. The van der Waals surface area contributed by atoms with Crippen LogP contribution >= 0.6 is 7.60 Å². The highest BCUT2D eigenvalue weighted by atomic mass is 31.2. The van der Waals surface area contributed by atoms with E-state index in [1.165, 1.54) is 0 Å². The average Bonchev–Trinajstić information content (AvgIpc) is 2.88. The summed E-state index contributed by atoms with van der Waals surface area (Å²) in [5, 5.41) is 0. The van der Waals surface area contributed by atoms with Gasteiger partial charge in [-0.2, -0.15) is 0 Å². The number of oxazole rings is 1. The van der Waals surface area contributed by atoms with Crippen molar-refractivity contribution in [2.45, 2.75) is 20.0 Å². The molecule has 0 amide bonds. The van der Waals surface area contributed by atoms with Crippen molar-refractivity contribution in [3.8, 4) is 11.3 Å². The summed E-state index contributed by atoms with van der Waals surface area (Å²) in [6, 6.07) is 9.62. The van der Waals surface area contributed by atoms with Crippen molar-refractivity contribution in [3.63, 3.8) is 0 Å². The molecular formula is C14H18NO4P. The van der Waals surface area contributed by atoms with Gasteiger partial charge in [-0.1, -0.05) is 30.3 Å². The Morgan fingerprint density at radius 3 is 2.40 bits per heavy atom. The lowest BCUT2D eigenvalue weighted by molar-refractivity contribution is 0.217. The molecule has 0 bridgehead atoms. The molecule has 2 aromatic rings. The van der Waals surface area contributed by atoms with Gasteiger partial charge < -0.3 is 13.5 Å². The molecule has 108 valence electrons. The van der Waals surface area contributed by atoms with Crippen molar-refractivity contribution < 1.29 is 18.0 Å². The second-order valence-electron chi connectivity index (χ2n) is 4.09. The highest BCUT2D eigenvalue weighted by molar-refractivity contribution is 7.52. The van der Waals surface area contributed by atoms with E-state index >= 15 is 0 Å². The van der Waals surface area contributed by atoms with Gasteiger partial charge in [0, 0.05) is 5.56 Å². The first kappa shape index (κ1) is 15.0. The van der Waals surface area contributed by atoms with E-state index in [4.69, 9.17) is 13.5 Å². The van der Waals surface area contributed by atoms with Gasteiger partial charge >= 0.3 is 7.60 Å². The van der Waals surface area contributed by atoms with Gasteiger partial charge in [-0.3, -0.25) is 4.57 Å². The van der Waals surface area contributed by atoms with Gasteiger partial charge in [0.25, 0.3) is 0 Å². The molecule has 5 nitrogen and oxygen atoms in total. The minimum atomic E-state index is -3.18. The molecule has 0 atom stereocenters. The van der Waals surface area contributed by atoms with Crippen LogP contribution in [0.5, 0.6) is 0 Å². The second-order valence-corrected chi connectivity index (χ2v) is 6.14. The Kier molecular flexibility index (Phi) is 5.12. The molecule has 2 rings (SSSR count). The topological polar surface area (TPSA) is 61.6 Å². The highest BCUT2D eigenvalue weighted by Gasteiger charge is 2.27. The first-order valence-corrected chi connectivity index (χ1v) is 8.28. The van der Waals surface area contributed by atoms with Crippen molar-refractivity contribution in [1.82, 2.24) is 4.98 Å². The molecule has 6 heteroatoms. The van der Waals surface area contributed by atoms with Crippen molar-refractivity contribution >= 4 is 7.60 Å². The van der Waals surface area contributed by atoms with Crippen LogP contribution in [0, 0.1) is 0 Å². The van der Waals surface area contributed by atoms with Crippen LogP contribution in [0.15, 0.2) is 40.9 Å². The zero-order chi connectivity index (χ0) is 14.4. The fraction of sp³-hybridized carbons (Fsp3) is 0.357. The molecule has 0 aliphatic carbocycles. The highest BCUT2D eigenvalue weighted by Crippen LogP contribution is 2.51.